The minimum absolute atomic E-state index is 0.203. The van der Waals surface area contributed by atoms with Crippen LogP contribution in [0, 0.1) is 17.2 Å². The van der Waals surface area contributed by atoms with Crippen molar-refractivity contribution in [3.05, 3.63) is 35.9 Å². The van der Waals surface area contributed by atoms with Gasteiger partial charge in [0, 0.05) is 6.54 Å². The van der Waals surface area contributed by atoms with Crippen LogP contribution in [0.2, 0.25) is 0 Å². The van der Waals surface area contributed by atoms with Gasteiger partial charge in [0.15, 0.2) is 0 Å². The largest absolute Gasteiger partial charge is 0.354 e. The molecule has 0 spiro atoms. The fourth-order valence-corrected chi connectivity index (χ4v) is 1.36. The minimum Gasteiger partial charge on any atom is -0.354 e. The first-order valence-electron chi connectivity index (χ1n) is 5.37. The molecule has 3 nitrogen and oxygen atoms in total. The van der Waals surface area contributed by atoms with Crippen molar-refractivity contribution < 1.29 is 4.79 Å². The number of rotatable bonds is 4. The van der Waals surface area contributed by atoms with E-state index in [-0.39, 0.29) is 11.8 Å². The lowest BCUT2D eigenvalue weighted by molar-refractivity contribution is -0.123. The molecule has 0 aliphatic carbocycles. The third-order valence-electron chi connectivity index (χ3n) is 2.54. The highest BCUT2D eigenvalue weighted by molar-refractivity contribution is 5.80. The predicted molar refractivity (Wildman–Crippen MR) is 62.6 cm³/mol. The van der Waals surface area contributed by atoms with Gasteiger partial charge in [-0.05, 0) is 18.4 Å². The standard InChI is InChI=1S/C13H16N2O/c1-10(8-14)13(16)15-9-11(2)12-6-4-3-5-7-12/h3-7,10-11H,9H2,1-2H3,(H,15,16). The van der Waals surface area contributed by atoms with Gasteiger partial charge in [-0.2, -0.15) is 5.26 Å². The monoisotopic (exact) mass is 216 g/mol. The summed E-state index contributed by atoms with van der Waals surface area (Å²) >= 11 is 0. The van der Waals surface area contributed by atoms with Crippen molar-refractivity contribution in [3.63, 3.8) is 0 Å². The smallest absolute Gasteiger partial charge is 0.237 e. The highest BCUT2D eigenvalue weighted by Crippen LogP contribution is 2.13. The van der Waals surface area contributed by atoms with Gasteiger partial charge in [0.25, 0.3) is 0 Å². The average Bonchev–Trinajstić information content (AvgIpc) is 2.35. The SMILES string of the molecule is CC(C#N)C(=O)NCC(C)c1ccccc1. The normalized spacial score (nSPS) is 13.6. The first kappa shape index (κ1) is 12.3. The van der Waals surface area contributed by atoms with Crippen molar-refractivity contribution in [2.24, 2.45) is 5.92 Å². The van der Waals surface area contributed by atoms with E-state index in [4.69, 9.17) is 5.26 Å². The fourth-order valence-electron chi connectivity index (χ4n) is 1.36. The molecule has 1 aromatic carbocycles. The van der Waals surface area contributed by atoms with Crippen molar-refractivity contribution in [2.75, 3.05) is 6.54 Å². The zero-order chi connectivity index (χ0) is 12.0. The molecule has 0 aliphatic heterocycles. The van der Waals surface area contributed by atoms with Crippen LogP contribution in [0.3, 0.4) is 0 Å². The van der Waals surface area contributed by atoms with Crippen LogP contribution in [0.25, 0.3) is 0 Å². The molecule has 2 atom stereocenters. The number of carbonyl (C=O) groups is 1. The van der Waals surface area contributed by atoms with Gasteiger partial charge >= 0.3 is 0 Å². The number of carbonyl (C=O) groups excluding carboxylic acids is 1. The number of hydrogen-bond acceptors (Lipinski definition) is 2. The Morgan fingerprint density at radius 2 is 2.00 bits per heavy atom. The second kappa shape index (κ2) is 5.92. The van der Waals surface area contributed by atoms with Crippen molar-refractivity contribution in [1.82, 2.24) is 5.32 Å². The van der Waals surface area contributed by atoms with E-state index in [1.807, 2.05) is 43.3 Å². The van der Waals surface area contributed by atoms with E-state index in [0.717, 1.165) is 0 Å². The summed E-state index contributed by atoms with van der Waals surface area (Å²) in [6.45, 7) is 4.21. The van der Waals surface area contributed by atoms with Crippen LogP contribution >= 0.6 is 0 Å². The molecule has 0 fully saturated rings. The van der Waals surface area contributed by atoms with E-state index in [1.54, 1.807) is 6.92 Å². The number of nitriles is 1. The molecule has 1 N–H and O–H groups in total. The van der Waals surface area contributed by atoms with E-state index < -0.39 is 5.92 Å². The molecule has 1 rings (SSSR count). The topological polar surface area (TPSA) is 52.9 Å². The van der Waals surface area contributed by atoms with Crippen molar-refractivity contribution in [3.8, 4) is 6.07 Å². The molecule has 84 valence electrons. The summed E-state index contributed by atoms with van der Waals surface area (Å²) in [5.74, 6) is -0.524. The summed E-state index contributed by atoms with van der Waals surface area (Å²) in [6.07, 6.45) is 0. The number of nitrogens with one attached hydrogen (secondary N) is 1. The van der Waals surface area contributed by atoms with Crippen LogP contribution in [0.1, 0.15) is 25.3 Å². The van der Waals surface area contributed by atoms with Crippen LogP contribution in [0.4, 0.5) is 0 Å². The lowest BCUT2D eigenvalue weighted by atomic mass is 10.0. The third kappa shape index (κ3) is 3.39. The maximum Gasteiger partial charge on any atom is 0.237 e. The van der Waals surface area contributed by atoms with Gasteiger partial charge < -0.3 is 5.32 Å². The fraction of sp³-hybridized carbons (Fsp3) is 0.385. The molecule has 16 heavy (non-hydrogen) atoms. The van der Waals surface area contributed by atoms with Gasteiger partial charge in [-0.15, -0.1) is 0 Å². The Balaban J connectivity index is 2.45. The molecule has 0 heterocycles. The lowest BCUT2D eigenvalue weighted by Gasteiger charge is -2.13. The Kier molecular flexibility index (Phi) is 4.53. The van der Waals surface area contributed by atoms with E-state index in [9.17, 15) is 4.79 Å². The molecule has 0 saturated heterocycles. The average molecular weight is 216 g/mol. The Labute approximate surface area is 96.1 Å². The van der Waals surface area contributed by atoms with Crippen molar-refractivity contribution >= 4 is 5.91 Å². The van der Waals surface area contributed by atoms with Gasteiger partial charge in [0.05, 0.1) is 6.07 Å². The van der Waals surface area contributed by atoms with E-state index in [1.165, 1.54) is 5.56 Å². The number of nitrogens with zero attached hydrogens (tertiary/aromatic N) is 1. The Morgan fingerprint density at radius 3 is 2.56 bits per heavy atom. The van der Waals surface area contributed by atoms with E-state index in [0.29, 0.717) is 6.54 Å². The summed E-state index contributed by atoms with van der Waals surface area (Å²) < 4.78 is 0. The zero-order valence-corrected chi connectivity index (χ0v) is 9.60. The van der Waals surface area contributed by atoms with Crippen LogP contribution in [0.15, 0.2) is 30.3 Å². The van der Waals surface area contributed by atoms with Gasteiger partial charge in [0.2, 0.25) is 5.91 Å². The van der Waals surface area contributed by atoms with Crippen LogP contribution in [-0.4, -0.2) is 12.5 Å². The van der Waals surface area contributed by atoms with E-state index in [2.05, 4.69) is 5.32 Å². The summed E-state index contributed by atoms with van der Waals surface area (Å²) in [5.41, 5.74) is 1.19. The molecule has 0 bridgehead atoms. The second-order valence-electron chi connectivity index (χ2n) is 3.91. The molecule has 1 amide bonds. The lowest BCUT2D eigenvalue weighted by Crippen LogP contribution is -2.31. The quantitative estimate of drug-likeness (QED) is 0.837. The minimum atomic E-state index is -0.581. The van der Waals surface area contributed by atoms with Gasteiger partial charge in [-0.25, -0.2) is 0 Å². The Morgan fingerprint density at radius 1 is 1.38 bits per heavy atom. The summed E-state index contributed by atoms with van der Waals surface area (Å²) in [5, 5.41) is 11.3. The van der Waals surface area contributed by atoms with Gasteiger partial charge in [-0.1, -0.05) is 37.3 Å². The molecule has 3 heteroatoms. The molecular formula is C13H16N2O. The Bertz CT molecular complexity index is 381. The van der Waals surface area contributed by atoms with Crippen LogP contribution < -0.4 is 5.32 Å². The van der Waals surface area contributed by atoms with Gasteiger partial charge in [0.1, 0.15) is 5.92 Å². The molecule has 0 radical (unpaired) electrons. The molecular weight excluding hydrogens is 200 g/mol. The molecule has 0 saturated carbocycles. The summed E-state index contributed by atoms with van der Waals surface area (Å²) in [6, 6.07) is 11.9. The van der Waals surface area contributed by atoms with Crippen molar-refractivity contribution in [1.29, 1.82) is 5.26 Å². The number of benzene rings is 1. The molecule has 1 aromatic rings. The first-order valence-corrected chi connectivity index (χ1v) is 5.37. The highest BCUT2D eigenvalue weighted by atomic mass is 16.1. The first-order chi connectivity index (χ1) is 7.65. The predicted octanol–water partition coefficient (Wildman–Crippen LogP) is 2.07. The molecule has 2 unspecified atom stereocenters. The molecule has 0 aliphatic rings. The maximum atomic E-state index is 11.4. The van der Waals surface area contributed by atoms with Gasteiger partial charge in [-0.3, -0.25) is 4.79 Å². The second-order valence-corrected chi connectivity index (χ2v) is 3.91. The Hall–Kier alpha value is -1.82. The third-order valence-corrected chi connectivity index (χ3v) is 2.54. The number of hydrogen-bond donors (Lipinski definition) is 1. The number of amides is 1. The summed E-state index contributed by atoms with van der Waals surface area (Å²) in [7, 11) is 0. The molecule has 0 aromatic heterocycles. The van der Waals surface area contributed by atoms with Crippen LogP contribution in [0.5, 0.6) is 0 Å². The van der Waals surface area contributed by atoms with Crippen molar-refractivity contribution in [2.45, 2.75) is 19.8 Å². The van der Waals surface area contributed by atoms with Crippen LogP contribution in [-0.2, 0) is 4.79 Å². The van der Waals surface area contributed by atoms with E-state index >= 15 is 0 Å². The zero-order valence-electron chi connectivity index (χ0n) is 9.60. The summed E-state index contributed by atoms with van der Waals surface area (Å²) in [4.78, 5) is 11.4. The maximum absolute atomic E-state index is 11.4. The highest BCUT2D eigenvalue weighted by Gasteiger charge is 2.12.